The van der Waals surface area contributed by atoms with Crippen LogP contribution < -0.4 is 11.1 Å². The molecular formula is C24H21Cl2N5. The van der Waals surface area contributed by atoms with E-state index in [-0.39, 0.29) is 11.3 Å². The number of halogens is 2. The third-order valence-electron chi connectivity index (χ3n) is 4.62. The van der Waals surface area contributed by atoms with Crippen molar-refractivity contribution in [3.63, 3.8) is 0 Å². The van der Waals surface area contributed by atoms with Crippen molar-refractivity contribution >= 4 is 28.8 Å². The molecule has 3 N–H and O–H groups in total. The number of nitrogens with zero attached hydrogens (tertiary/aromatic N) is 3. The highest BCUT2D eigenvalue weighted by molar-refractivity contribution is 6.30. The number of hydrogen-bond donors (Lipinski definition) is 2. The maximum absolute atomic E-state index is 9.81. The molecule has 0 saturated heterocycles. The van der Waals surface area contributed by atoms with Crippen molar-refractivity contribution in [1.82, 2.24) is 5.32 Å². The summed E-state index contributed by atoms with van der Waals surface area (Å²) in [6, 6.07) is 20.5. The van der Waals surface area contributed by atoms with E-state index in [9.17, 15) is 15.8 Å². The first kappa shape index (κ1) is 24.0. The Bertz CT molecular complexity index is 1100. The Morgan fingerprint density at radius 1 is 0.968 bits per heavy atom. The van der Waals surface area contributed by atoms with Crippen LogP contribution in [0.25, 0.3) is 5.57 Å². The number of nitrogens with one attached hydrogen (secondary N) is 1. The Hall–Kier alpha value is -3.27. The van der Waals surface area contributed by atoms with E-state index in [1.807, 2.05) is 56.3 Å². The van der Waals surface area contributed by atoms with Crippen LogP contribution in [0.4, 0.5) is 0 Å². The quantitative estimate of drug-likeness (QED) is 0.659. The van der Waals surface area contributed by atoms with Gasteiger partial charge in [-0.2, -0.15) is 15.8 Å². The van der Waals surface area contributed by atoms with Gasteiger partial charge in [-0.15, -0.1) is 0 Å². The van der Waals surface area contributed by atoms with Crippen LogP contribution in [0.2, 0.25) is 10.0 Å². The molecule has 31 heavy (non-hydrogen) atoms. The fourth-order valence-electron chi connectivity index (χ4n) is 3.19. The number of hydrogen-bond acceptors (Lipinski definition) is 5. The average Bonchev–Trinajstić information content (AvgIpc) is 2.76. The van der Waals surface area contributed by atoms with Gasteiger partial charge in [0.15, 0.2) is 5.92 Å². The second-order valence-corrected chi connectivity index (χ2v) is 7.77. The summed E-state index contributed by atoms with van der Waals surface area (Å²) in [7, 11) is 0. The molecule has 0 aromatic heterocycles. The summed E-state index contributed by atoms with van der Waals surface area (Å²) in [5, 5.41) is 33.1. The minimum absolute atomic E-state index is 0.266. The normalized spacial score (nSPS) is 17.3. The molecular weight excluding hydrogens is 429 g/mol. The van der Waals surface area contributed by atoms with Crippen LogP contribution in [-0.2, 0) is 5.54 Å². The zero-order valence-electron chi connectivity index (χ0n) is 17.2. The summed E-state index contributed by atoms with van der Waals surface area (Å²) >= 11 is 12.0. The smallest absolute Gasteiger partial charge is 0.173 e. The number of rotatable bonds is 3. The molecule has 7 heteroatoms. The van der Waals surface area contributed by atoms with Crippen molar-refractivity contribution in [3.8, 4) is 18.2 Å². The van der Waals surface area contributed by atoms with Gasteiger partial charge in [-0.05, 0) is 60.5 Å². The molecule has 0 saturated carbocycles. The van der Waals surface area contributed by atoms with Crippen LogP contribution in [0.1, 0.15) is 25.0 Å². The van der Waals surface area contributed by atoms with Gasteiger partial charge < -0.3 is 11.1 Å². The lowest BCUT2D eigenvalue weighted by Crippen LogP contribution is -2.42. The molecule has 2 aromatic rings. The molecule has 0 amide bonds. The van der Waals surface area contributed by atoms with E-state index in [4.69, 9.17) is 28.9 Å². The molecule has 1 atom stereocenters. The molecule has 0 radical (unpaired) electrons. The Morgan fingerprint density at radius 3 is 1.90 bits per heavy atom. The van der Waals surface area contributed by atoms with Crippen LogP contribution in [0, 0.1) is 39.9 Å². The zero-order chi connectivity index (χ0) is 23.0. The van der Waals surface area contributed by atoms with Crippen LogP contribution >= 0.6 is 23.2 Å². The molecule has 0 fully saturated rings. The van der Waals surface area contributed by atoms with Gasteiger partial charge in [0.2, 0.25) is 0 Å². The van der Waals surface area contributed by atoms with Gasteiger partial charge in [-0.3, -0.25) is 0 Å². The summed E-state index contributed by atoms with van der Waals surface area (Å²) in [6.45, 7) is 4.58. The van der Waals surface area contributed by atoms with E-state index < -0.39 is 11.5 Å². The van der Waals surface area contributed by atoms with Gasteiger partial charge in [0.25, 0.3) is 0 Å². The van der Waals surface area contributed by atoms with Crippen molar-refractivity contribution in [2.24, 2.45) is 11.7 Å². The minimum atomic E-state index is -1.10. The molecule has 0 aliphatic carbocycles. The molecule has 1 unspecified atom stereocenters. The van der Waals surface area contributed by atoms with Gasteiger partial charge in [-0.25, -0.2) is 0 Å². The van der Waals surface area contributed by atoms with Gasteiger partial charge in [0, 0.05) is 10.0 Å². The van der Waals surface area contributed by atoms with Crippen LogP contribution in [0.15, 0.2) is 65.9 Å². The first-order valence-electron chi connectivity index (χ1n) is 9.50. The fourth-order valence-corrected chi connectivity index (χ4v) is 3.44. The van der Waals surface area contributed by atoms with Crippen molar-refractivity contribution in [2.45, 2.75) is 19.4 Å². The Labute approximate surface area is 192 Å². The Morgan fingerprint density at radius 2 is 1.45 bits per heavy atom. The van der Waals surface area contributed by atoms with Crippen LogP contribution in [0.3, 0.4) is 0 Å². The van der Waals surface area contributed by atoms with E-state index in [1.165, 1.54) is 0 Å². The van der Waals surface area contributed by atoms with Crippen LogP contribution in [-0.4, -0.2) is 6.54 Å². The standard InChI is InChI=1S/C22H14Cl2N4.C2H7N/c1-22(16-4-8-18(24)9-5-16)10-19(14-2-6-17(23)7-3-14)20(13-27)21(28-22)15(11-25)12-26;1-2-3/h2-10,15,28H,1H3;2-3H2,1H3. The number of benzene rings is 2. The number of nitrogens with two attached hydrogens (primary N) is 1. The highest BCUT2D eigenvalue weighted by Crippen LogP contribution is 2.39. The first-order chi connectivity index (χ1) is 14.8. The highest BCUT2D eigenvalue weighted by Gasteiger charge is 2.35. The molecule has 1 aliphatic rings. The zero-order valence-corrected chi connectivity index (χ0v) is 18.7. The van der Waals surface area contributed by atoms with E-state index in [0.717, 1.165) is 17.7 Å². The molecule has 156 valence electrons. The Kier molecular flexibility index (Phi) is 8.26. The minimum Gasteiger partial charge on any atom is -0.373 e. The number of allylic oxidation sites excluding steroid dienone is 3. The average molecular weight is 450 g/mol. The van der Waals surface area contributed by atoms with E-state index in [0.29, 0.717) is 15.6 Å². The third kappa shape index (κ3) is 5.46. The molecule has 0 spiro atoms. The summed E-state index contributed by atoms with van der Waals surface area (Å²) in [5.74, 6) is -1.10. The topological polar surface area (TPSA) is 109 Å². The number of dihydropyridines is 1. The molecule has 0 bridgehead atoms. The number of nitriles is 3. The monoisotopic (exact) mass is 449 g/mol. The van der Waals surface area contributed by atoms with Gasteiger partial charge >= 0.3 is 0 Å². The maximum atomic E-state index is 9.81. The Balaban J connectivity index is 0.00000107. The molecule has 2 aromatic carbocycles. The molecule has 3 rings (SSSR count). The second kappa shape index (κ2) is 10.7. The van der Waals surface area contributed by atoms with Gasteiger partial charge in [0.05, 0.1) is 28.9 Å². The lowest BCUT2D eigenvalue weighted by atomic mass is 9.80. The lowest BCUT2D eigenvalue weighted by molar-refractivity contribution is 0.486. The summed E-state index contributed by atoms with van der Waals surface area (Å²) in [6.07, 6.45) is 1.92. The van der Waals surface area contributed by atoms with Crippen molar-refractivity contribution in [3.05, 3.63) is 87.0 Å². The second-order valence-electron chi connectivity index (χ2n) is 6.90. The first-order valence-corrected chi connectivity index (χ1v) is 10.3. The summed E-state index contributed by atoms with van der Waals surface area (Å²) < 4.78 is 0. The van der Waals surface area contributed by atoms with Crippen molar-refractivity contribution < 1.29 is 0 Å². The lowest BCUT2D eigenvalue weighted by Gasteiger charge is -2.36. The van der Waals surface area contributed by atoms with Gasteiger partial charge in [0.1, 0.15) is 6.07 Å². The van der Waals surface area contributed by atoms with E-state index in [1.54, 1.807) is 24.3 Å². The summed E-state index contributed by atoms with van der Waals surface area (Å²) in [4.78, 5) is 0. The summed E-state index contributed by atoms with van der Waals surface area (Å²) in [5.41, 5.74) is 6.95. The van der Waals surface area contributed by atoms with Crippen molar-refractivity contribution in [2.75, 3.05) is 6.54 Å². The van der Waals surface area contributed by atoms with E-state index in [2.05, 4.69) is 11.4 Å². The van der Waals surface area contributed by atoms with Gasteiger partial charge in [-0.1, -0.05) is 54.4 Å². The van der Waals surface area contributed by atoms with Crippen LogP contribution in [0.5, 0.6) is 0 Å². The highest BCUT2D eigenvalue weighted by atomic mass is 35.5. The third-order valence-corrected chi connectivity index (χ3v) is 5.13. The molecule has 5 nitrogen and oxygen atoms in total. The predicted octanol–water partition coefficient (Wildman–Crippen LogP) is 5.30. The maximum Gasteiger partial charge on any atom is 0.173 e. The predicted molar refractivity (Wildman–Crippen MR) is 123 cm³/mol. The largest absolute Gasteiger partial charge is 0.373 e. The SMILES string of the molecule is CC1(c2ccc(Cl)cc2)C=C(c2ccc(Cl)cc2)C(C#N)=C(C(C#N)C#N)N1.CCN. The fraction of sp³-hybridized carbons (Fsp3) is 0.208. The molecule has 1 heterocycles. The van der Waals surface area contributed by atoms with E-state index >= 15 is 0 Å². The molecule has 1 aliphatic heterocycles. The van der Waals surface area contributed by atoms with Crippen molar-refractivity contribution in [1.29, 1.82) is 15.8 Å².